The third-order valence-corrected chi connectivity index (χ3v) is 5.02. The summed E-state index contributed by atoms with van der Waals surface area (Å²) in [5, 5.41) is 0. The van der Waals surface area contributed by atoms with Crippen molar-refractivity contribution in [1.29, 1.82) is 0 Å². The van der Waals surface area contributed by atoms with E-state index >= 15 is 0 Å². The minimum atomic E-state index is -6.09. The molecule has 3 aromatic rings. The molecule has 0 unspecified atom stereocenters. The van der Waals surface area contributed by atoms with Gasteiger partial charge in [-0.2, -0.15) is 26.3 Å². The Labute approximate surface area is 240 Å². The number of aromatic nitrogens is 3. The first-order chi connectivity index (χ1) is 18.4. The number of hydrogen-bond donors (Lipinski definition) is 0. The van der Waals surface area contributed by atoms with Gasteiger partial charge in [0.15, 0.2) is 20.2 Å². The predicted molar refractivity (Wildman–Crippen MR) is 121 cm³/mol. The van der Waals surface area contributed by atoms with Crippen LogP contribution < -0.4 is 0 Å². The van der Waals surface area contributed by atoms with Gasteiger partial charge in [-0.1, -0.05) is 18.2 Å². The molecule has 0 spiro atoms. The molecule has 3 heterocycles. The molecule has 0 aliphatic rings. The van der Waals surface area contributed by atoms with Gasteiger partial charge in [0.2, 0.25) is 0 Å². The van der Waals surface area contributed by atoms with E-state index in [1.165, 1.54) is 0 Å². The quantitative estimate of drug-likeness (QED) is 0.148. The zero-order valence-corrected chi connectivity index (χ0v) is 23.1. The van der Waals surface area contributed by atoms with Gasteiger partial charge in [0.25, 0.3) is 0 Å². The molecule has 20 heteroatoms. The summed E-state index contributed by atoms with van der Waals surface area (Å²) < 4.78 is 129. The van der Waals surface area contributed by atoms with Crippen LogP contribution >= 0.6 is 0 Å². The Morgan fingerprint density at radius 2 is 0.878 bits per heavy atom. The van der Waals surface area contributed by atoms with E-state index in [0.29, 0.717) is 26.4 Å². The zero-order chi connectivity index (χ0) is 30.5. The second-order valence-corrected chi connectivity index (χ2v) is 9.79. The Morgan fingerprint density at radius 1 is 0.585 bits per heavy atom. The van der Waals surface area contributed by atoms with Crippen LogP contribution in [0.2, 0.25) is 0 Å². The first-order valence-electron chi connectivity index (χ1n) is 10.3. The van der Waals surface area contributed by atoms with Gasteiger partial charge in [-0.25, -0.2) is 16.8 Å². The molecule has 41 heavy (non-hydrogen) atoms. The molecule has 0 aromatic carbocycles. The normalized spacial score (nSPS) is 11.7. The Hall–Kier alpha value is -2.71. The molecule has 1 radical (unpaired) electrons. The maximum atomic E-state index is 10.7. The molecule has 0 atom stereocenters. The predicted octanol–water partition coefficient (Wildman–Crippen LogP) is 3.41. The Balaban J connectivity index is 0.000000781. The van der Waals surface area contributed by atoms with Crippen molar-refractivity contribution in [2.45, 2.75) is 37.4 Å². The van der Waals surface area contributed by atoms with Crippen LogP contribution in [-0.2, 0) is 73.2 Å². The van der Waals surface area contributed by atoms with Gasteiger partial charge in [-0.15, -0.1) is 0 Å². The number of hydrogen-bond acceptors (Lipinski definition) is 11. The van der Waals surface area contributed by atoms with E-state index in [9.17, 15) is 26.3 Å². The van der Waals surface area contributed by atoms with Crippen LogP contribution in [0.15, 0.2) is 67.0 Å². The monoisotopic (exact) mass is 674 g/mol. The molecule has 0 saturated carbocycles. The van der Waals surface area contributed by atoms with Crippen LogP contribution in [0.25, 0.3) is 0 Å². The number of rotatable bonds is 8. The summed E-state index contributed by atoms with van der Waals surface area (Å²) >= 11 is 0. The number of halogens is 6. The maximum Gasteiger partial charge on any atom is 2.00 e. The summed E-state index contributed by atoms with van der Waals surface area (Å²) in [6.07, 6.45) is 3.52. The van der Waals surface area contributed by atoms with Gasteiger partial charge in [0.05, 0.1) is 49.2 Å². The fraction of sp³-hybridized carbons (Fsp3) is 0.286. The molecule has 3 aromatic heterocycles. The molecular weight excluding hydrogens is 655 g/mol. The molecule has 0 N–H and O–H groups in total. The average Bonchev–Trinajstić information content (AvgIpc) is 2.84. The Bertz CT molecular complexity index is 1280. The van der Waals surface area contributed by atoms with E-state index in [2.05, 4.69) is 15.0 Å². The van der Waals surface area contributed by atoms with Crippen LogP contribution in [0.3, 0.4) is 0 Å². The van der Waals surface area contributed by atoms with Crippen molar-refractivity contribution in [2.24, 2.45) is 0 Å². The summed E-state index contributed by atoms with van der Waals surface area (Å²) in [5.41, 5.74) is -7.71. The first-order valence-corrected chi connectivity index (χ1v) is 13.2. The number of pyridine rings is 3. The van der Waals surface area contributed by atoms with Gasteiger partial charge >= 0.3 is 28.1 Å². The van der Waals surface area contributed by atoms with Crippen molar-refractivity contribution in [1.82, 2.24) is 15.0 Å². The molecule has 0 aliphatic heterocycles. The minimum absolute atomic E-state index is 0. The van der Waals surface area contributed by atoms with E-state index in [0.717, 1.165) is 22.8 Å². The number of alkyl halides is 6. The third kappa shape index (κ3) is 16.4. The van der Waals surface area contributed by atoms with Gasteiger partial charge in [-0.3, -0.25) is 15.0 Å². The third-order valence-electron chi connectivity index (χ3n) is 3.88. The summed E-state index contributed by atoms with van der Waals surface area (Å²) in [7, 11) is -12.2. The van der Waals surface area contributed by atoms with E-state index in [4.69, 9.17) is 35.4 Å². The Morgan fingerprint density at radius 3 is 1.15 bits per heavy atom. The molecule has 0 bridgehead atoms. The fourth-order valence-electron chi connectivity index (χ4n) is 2.18. The molecule has 0 amide bonds. The minimum Gasteiger partial charge on any atom is -0.741 e. The van der Waals surface area contributed by atoms with Crippen molar-refractivity contribution in [3.63, 3.8) is 0 Å². The van der Waals surface area contributed by atoms with Crippen molar-refractivity contribution >= 4 is 20.2 Å². The van der Waals surface area contributed by atoms with Crippen LogP contribution in [0, 0.1) is 0 Å². The van der Waals surface area contributed by atoms with Crippen LogP contribution in [0.5, 0.6) is 0 Å². The summed E-state index contributed by atoms with van der Waals surface area (Å²) in [6.45, 7) is 1.85. The number of ether oxygens (including phenoxy) is 2. The molecular formula is C21H19F6MnN3O8S2. The van der Waals surface area contributed by atoms with Gasteiger partial charge in [0.1, 0.15) is 0 Å². The SMILES string of the molecule is O=S(=O)([O-])C(F)(F)F.O=S(=O)([O-])C(F)(F)F.[Mn+2].c1ccc(COCc2cccc(COCc3ccccn3)n2)nc1. The zero-order valence-electron chi connectivity index (χ0n) is 20.2. The molecule has 11 nitrogen and oxygen atoms in total. The fourth-order valence-corrected chi connectivity index (χ4v) is 2.18. The summed E-state index contributed by atoms with van der Waals surface area (Å²) in [4.78, 5) is 13.0. The average molecular weight is 674 g/mol. The van der Waals surface area contributed by atoms with Crippen molar-refractivity contribution in [3.05, 3.63) is 89.8 Å². The Kier molecular flexibility index (Phi) is 16.1. The van der Waals surface area contributed by atoms with E-state index in [-0.39, 0.29) is 17.1 Å². The van der Waals surface area contributed by atoms with Crippen LogP contribution in [-0.4, -0.2) is 51.9 Å². The first kappa shape index (κ1) is 38.3. The summed E-state index contributed by atoms with van der Waals surface area (Å²) in [5.74, 6) is 0. The van der Waals surface area contributed by atoms with Crippen molar-refractivity contribution in [3.8, 4) is 0 Å². The largest absolute Gasteiger partial charge is 2.00 e. The van der Waals surface area contributed by atoms with Crippen molar-refractivity contribution in [2.75, 3.05) is 0 Å². The van der Waals surface area contributed by atoms with Crippen LogP contribution in [0.4, 0.5) is 26.3 Å². The van der Waals surface area contributed by atoms with Gasteiger partial charge in [-0.05, 0) is 36.4 Å². The molecule has 0 saturated heterocycles. The molecule has 3 rings (SSSR count). The van der Waals surface area contributed by atoms with E-state index < -0.39 is 31.3 Å². The molecule has 0 aliphatic carbocycles. The molecule has 0 fully saturated rings. The van der Waals surface area contributed by atoms with Gasteiger partial charge < -0.3 is 18.6 Å². The smallest absolute Gasteiger partial charge is 0.741 e. The van der Waals surface area contributed by atoms with Crippen LogP contribution in [0.1, 0.15) is 22.8 Å². The molecule has 227 valence electrons. The second-order valence-electron chi connectivity index (χ2n) is 7.05. The number of nitrogens with zero attached hydrogens (tertiary/aromatic N) is 3. The van der Waals surface area contributed by atoms with E-state index in [1.807, 2.05) is 54.6 Å². The topological polar surface area (TPSA) is 172 Å². The van der Waals surface area contributed by atoms with E-state index in [1.54, 1.807) is 12.4 Å². The van der Waals surface area contributed by atoms with Crippen molar-refractivity contribution < 1.29 is 78.8 Å². The maximum absolute atomic E-state index is 10.7. The standard InChI is InChI=1S/C19H19N3O2.2CHF3O3S.Mn/c1-3-10-20-16(6-1)12-23-14-18-8-5-9-19(22-18)15-24-13-17-7-2-4-11-21-17;2*2-1(3,4)8(5,6)7;/h1-11H,12-15H2;2*(H,5,6,7);/q;;;+2/p-2. The second kappa shape index (κ2) is 17.3. The summed E-state index contributed by atoms with van der Waals surface area (Å²) in [6, 6.07) is 17.4. The van der Waals surface area contributed by atoms with Gasteiger partial charge in [0, 0.05) is 12.4 Å².